The highest BCUT2D eigenvalue weighted by molar-refractivity contribution is 7.99. The number of nitrogens with zero attached hydrogens (tertiary/aromatic N) is 3. The lowest BCUT2D eigenvalue weighted by Crippen LogP contribution is -2.27. The number of carbonyl (C=O) groups excluding carboxylic acids is 1. The normalized spacial score (nSPS) is 14.0. The third-order valence-electron chi connectivity index (χ3n) is 4.50. The molecule has 1 heterocycles. The molecule has 162 valence electrons. The Balaban J connectivity index is 1.76. The molecule has 0 radical (unpaired) electrons. The van der Waals surface area contributed by atoms with E-state index in [0.29, 0.717) is 16.4 Å². The Labute approximate surface area is 189 Å². The van der Waals surface area contributed by atoms with Crippen molar-refractivity contribution in [3.63, 3.8) is 0 Å². The topological polar surface area (TPSA) is 59.8 Å². The zero-order valence-electron chi connectivity index (χ0n) is 15.8. The van der Waals surface area contributed by atoms with Crippen LogP contribution >= 0.6 is 35.0 Å². The van der Waals surface area contributed by atoms with Crippen LogP contribution < -0.4 is 5.32 Å². The number of alkyl halides is 3. The number of aromatic nitrogens is 3. The van der Waals surface area contributed by atoms with E-state index in [9.17, 15) is 18.0 Å². The minimum atomic E-state index is -4.63. The average Bonchev–Trinajstić information content (AvgIpc) is 3.41. The van der Waals surface area contributed by atoms with Gasteiger partial charge in [-0.15, -0.1) is 10.2 Å². The fourth-order valence-corrected chi connectivity index (χ4v) is 4.09. The molecule has 1 aromatic heterocycles. The van der Waals surface area contributed by atoms with Crippen LogP contribution in [0, 0.1) is 0 Å². The number of hydrogen-bond acceptors (Lipinski definition) is 4. The Hall–Kier alpha value is -2.23. The first-order valence-corrected chi connectivity index (χ1v) is 11.0. The first-order chi connectivity index (χ1) is 14.7. The summed E-state index contributed by atoms with van der Waals surface area (Å²) in [6.07, 6.45) is -2.72. The maximum Gasteiger partial charge on any atom is 0.417 e. The van der Waals surface area contributed by atoms with Gasteiger partial charge >= 0.3 is 6.18 Å². The average molecular weight is 487 g/mol. The van der Waals surface area contributed by atoms with Crippen LogP contribution in [0.25, 0.3) is 17.1 Å². The van der Waals surface area contributed by atoms with Gasteiger partial charge in [0.2, 0.25) is 5.91 Å². The summed E-state index contributed by atoms with van der Waals surface area (Å²) >= 11 is 12.9. The van der Waals surface area contributed by atoms with Crippen LogP contribution in [0.4, 0.5) is 13.2 Å². The minimum Gasteiger partial charge on any atom is -0.353 e. The molecule has 31 heavy (non-hydrogen) atoms. The molecule has 1 N–H and O–H groups in total. The van der Waals surface area contributed by atoms with Crippen molar-refractivity contribution in [2.45, 2.75) is 30.2 Å². The quantitative estimate of drug-likeness (QED) is 0.458. The van der Waals surface area contributed by atoms with E-state index in [1.807, 2.05) is 0 Å². The van der Waals surface area contributed by atoms with Crippen LogP contribution in [-0.2, 0) is 11.0 Å². The van der Waals surface area contributed by atoms with Gasteiger partial charge in [-0.3, -0.25) is 9.36 Å². The number of halogens is 5. The standard InChI is InChI=1S/C20H15Cl2F3N4OS/c21-12-3-1-2-11(8-12)18-27-28-19(31-10-17(30)26-13-4-5-13)29(18)14-6-7-16(22)15(9-14)20(23,24)25/h1-3,6-9,13H,4-5,10H2,(H,26,30). The zero-order valence-corrected chi connectivity index (χ0v) is 18.1. The third kappa shape index (κ3) is 5.16. The van der Waals surface area contributed by atoms with Crippen LogP contribution in [0.2, 0.25) is 10.0 Å². The molecule has 1 amide bonds. The molecule has 0 spiro atoms. The van der Waals surface area contributed by atoms with Crippen LogP contribution in [0.5, 0.6) is 0 Å². The molecule has 5 nitrogen and oxygen atoms in total. The molecule has 3 aromatic rings. The SMILES string of the molecule is O=C(CSc1nnc(-c2cccc(Cl)c2)n1-c1ccc(Cl)c(C(F)(F)F)c1)NC1CC1. The molecule has 4 rings (SSSR count). The molecule has 0 atom stereocenters. The summed E-state index contributed by atoms with van der Waals surface area (Å²) in [6.45, 7) is 0. The Morgan fingerprint density at radius 3 is 2.61 bits per heavy atom. The smallest absolute Gasteiger partial charge is 0.353 e. The summed E-state index contributed by atoms with van der Waals surface area (Å²) in [5.41, 5.74) is -0.237. The number of rotatable bonds is 6. The Morgan fingerprint density at radius 1 is 1.16 bits per heavy atom. The molecular weight excluding hydrogens is 472 g/mol. The first kappa shape index (κ1) is 22.0. The third-order valence-corrected chi connectivity index (χ3v) is 6.00. The fourth-order valence-electron chi connectivity index (χ4n) is 2.91. The Morgan fingerprint density at radius 2 is 1.94 bits per heavy atom. The van der Waals surface area contributed by atoms with Crippen molar-refractivity contribution in [1.82, 2.24) is 20.1 Å². The van der Waals surface area contributed by atoms with Crippen molar-refractivity contribution in [3.05, 3.63) is 58.1 Å². The maximum absolute atomic E-state index is 13.4. The van der Waals surface area contributed by atoms with Gasteiger partial charge in [0.25, 0.3) is 0 Å². The van der Waals surface area contributed by atoms with Gasteiger partial charge in [0.15, 0.2) is 11.0 Å². The predicted octanol–water partition coefficient (Wildman–Crippen LogP) is 5.63. The van der Waals surface area contributed by atoms with Gasteiger partial charge in [0.05, 0.1) is 22.0 Å². The monoisotopic (exact) mass is 486 g/mol. The van der Waals surface area contributed by atoms with Crippen molar-refractivity contribution in [2.24, 2.45) is 0 Å². The van der Waals surface area contributed by atoms with Gasteiger partial charge in [-0.2, -0.15) is 13.2 Å². The van der Waals surface area contributed by atoms with Crippen molar-refractivity contribution in [2.75, 3.05) is 5.75 Å². The Kier molecular flexibility index (Phi) is 6.18. The van der Waals surface area contributed by atoms with E-state index >= 15 is 0 Å². The van der Waals surface area contributed by atoms with E-state index in [1.54, 1.807) is 24.3 Å². The lowest BCUT2D eigenvalue weighted by molar-refractivity contribution is -0.137. The van der Waals surface area contributed by atoms with Crippen molar-refractivity contribution in [3.8, 4) is 17.1 Å². The van der Waals surface area contributed by atoms with Crippen LogP contribution in [0.15, 0.2) is 47.6 Å². The summed E-state index contributed by atoms with van der Waals surface area (Å²) in [7, 11) is 0. The number of thioether (sulfide) groups is 1. The highest BCUT2D eigenvalue weighted by Gasteiger charge is 2.34. The summed E-state index contributed by atoms with van der Waals surface area (Å²) in [4.78, 5) is 12.1. The molecule has 0 aliphatic heterocycles. The summed E-state index contributed by atoms with van der Waals surface area (Å²) in [5, 5.41) is 11.4. The van der Waals surface area contributed by atoms with E-state index < -0.39 is 16.8 Å². The predicted molar refractivity (Wildman–Crippen MR) is 114 cm³/mol. The second-order valence-electron chi connectivity index (χ2n) is 6.94. The minimum absolute atomic E-state index is 0.0594. The molecule has 0 saturated heterocycles. The van der Waals surface area contributed by atoms with Gasteiger partial charge in [-0.25, -0.2) is 0 Å². The molecule has 1 fully saturated rings. The number of amides is 1. The molecule has 1 saturated carbocycles. The number of nitrogens with one attached hydrogen (secondary N) is 1. The van der Waals surface area contributed by atoms with Crippen LogP contribution in [0.3, 0.4) is 0 Å². The molecule has 1 aliphatic carbocycles. The van der Waals surface area contributed by atoms with Crippen LogP contribution in [-0.4, -0.2) is 32.5 Å². The summed E-state index contributed by atoms with van der Waals surface area (Å²) in [5.74, 6) is 0.186. The van der Waals surface area contributed by atoms with E-state index in [0.717, 1.165) is 30.7 Å². The van der Waals surface area contributed by atoms with Gasteiger partial charge < -0.3 is 5.32 Å². The van der Waals surface area contributed by atoms with E-state index in [1.165, 1.54) is 16.7 Å². The van der Waals surface area contributed by atoms with E-state index in [2.05, 4.69) is 15.5 Å². The maximum atomic E-state index is 13.4. The molecular formula is C20H15Cl2F3N4OS. The first-order valence-electron chi connectivity index (χ1n) is 9.23. The van der Waals surface area contributed by atoms with Gasteiger partial charge in [0, 0.05) is 16.6 Å². The van der Waals surface area contributed by atoms with Gasteiger partial charge in [-0.05, 0) is 43.2 Å². The molecule has 1 aliphatic rings. The summed E-state index contributed by atoms with van der Waals surface area (Å²) < 4.78 is 41.7. The molecule has 2 aromatic carbocycles. The summed E-state index contributed by atoms with van der Waals surface area (Å²) in [6, 6.07) is 10.5. The fraction of sp³-hybridized carbons (Fsp3) is 0.250. The van der Waals surface area contributed by atoms with E-state index in [-0.39, 0.29) is 28.5 Å². The lowest BCUT2D eigenvalue weighted by Gasteiger charge is -2.14. The second-order valence-corrected chi connectivity index (χ2v) is 8.73. The van der Waals surface area contributed by atoms with Crippen molar-refractivity contribution < 1.29 is 18.0 Å². The molecule has 11 heteroatoms. The Bertz CT molecular complexity index is 1130. The molecule has 0 unspecified atom stereocenters. The highest BCUT2D eigenvalue weighted by Crippen LogP contribution is 2.37. The van der Waals surface area contributed by atoms with E-state index in [4.69, 9.17) is 23.2 Å². The van der Waals surface area contributed by atoms with Crippen molar-refractivity contribution in [1.29, 1.82) is 0 Å². The number of carbonyl (C=O) groups is 1. The van der Waals surface area contributed by atoms with Crippen LogP contribution in [0.1, 0.15) is 18.4 Å². The number of benzene rings is 2. The largest absolute Gasteiger partial charge is 0.417 e. The van der Waals surface area contributed by atoms with Crippen molar-refractivity contribution >= 4 is 40.9 Å². The zero-order chi connectivity index (χ0) is 22.2. The van der Waals surface area contributed by atoms with Gasteiger partial charge in [0.1, 0.15) is 0 Å². The lowest BCUT2D eigenvalue weighted by atomic mass is 10.1. The van der Waals surface area contributed by atoms with Gasteiger partial charge in [-0.1, -0.05) is 47.1 Å². The highest BCUT2D eigenvalue weighted by atomic mass is 35.5. The second kappa shape index (κ2) is 8.72. The number of hydrogen-bond donors (Lipinski definition) is 1. The molecule has 0 bridgehead atoms.